The summed E-state index contributed by atoms with van der Waals surface area (Å²) in [7, 11) is 0. The van der Waals surface area contributed by atoms with Crippen LogP contribution < -0.4 is 0 Å². The van der Waals surface area contributed by atoms with Crippen LogP contribution in [0.4, 0.5) is 0 Å². The average molecular weight is 229 g/mol. The Hall–Kier alpha value is -0.870. The van der Waals surface area contributed by atoms with E-state index >= 15 is 0 Å². The topological polar surface area (TPSA) is 60.8 Å². The van der Waals surface area contributed by atoms with E-state index in [0.29, 0.717) is 5.57 Å². The molecule has 2 atom stereocenters. The molecule has 0 heterocycles. The number of aliphatic carboxylic acids is 1. The molecule has 0 radical (unpaired) electrons. The lowest BCUT2D eigenvalue weighted by atomic mass is 9.96. The van der Waals surface area contributed by atoms with Crippen LogP contribution in [0.15, 0.2) is 11.1 Å². The van der Waals surface area contributed by atoms with Crippen molar-refractivity contribution in [3.63, 3.8) is 0 Å². The molecule has 0 aliphatic rings. The molecule has 0 saturated carbocycles. The van der Waals surface area contributed by atoms with Crippen LogP contribution in [-0.2, 0) is 4.79 Å². The number of carboxylic acids is 1. The van der Waals surface area contributed by atoms with Crippen molar-refractivity contribution in [3.05, 3.63) is 11.1 Å². The summed E-state index contributed by atoms with van der Waals surface area (Å²) in [4.78, 5) is 13.1. The second kappa shape index (κ2) is 6.66. The zero-order valence-electron chi connectivity index (χ0n) is 10.8. The summed E-state index contributed by atoms with van der Waals surface area (Å²) in [6, 6.07) is -0.0499. The van der Waals surface area contributed by atoms with Crippen LogP contribution in [0.1, 0.15) is 34.6 Å². The molecule has 4 nitrogen and oxygen atoms in total. The SMILES string of the molecule is CCN(CC)C(C)/C(=C(\C)C(=O)O)C(C)O. The number of rotatable bonds is 6. The van der Waals surface area contributed by atoms with Gasteiger partial charge in [0.2, 0.25) is 0 Å². The van der Waals surface area contributed by atoms with Crippen molar-refractivity contribution < 1.29 is 15.0 Å². The summed E-state index contributed by atoms with van der Waals surface area (Å²) in [6.07, 6.45) is -0.730. The van der Waals surface area contributed by atoms with Crippen LogP contribution in [0.3, 0.4) is 0 Å². The first-order chi connectivity index (χ1) is 7.36. The standard InChI is InChI=1S/C12H23NO3/c1-6-13(7-2)9(4)11(10(5)14)8(3)12(15)16/h9-10,14H,6-7H2,1-5H3,(H,15,16)/b11-8-. The van der Waals surface area contributed by atoms with Gasteiger partial charge in [0.05, 0.1) is 6.10 Å². The number of aliphatic hydroxyl groups is 1. The monoisotopic (exact) mass is 229 g/mol. The van der Waals surface area contributed by atoms with Crippen molar-refractivity contribution >= 4 is 5.97 Å². The van der Waals surface area contributed by atoms with Crippen LogP contribution in [0, 0.1) is 0 Å². The second-order valence-corrected chi connectivity index (χ2v) is 3.96. The fourth-order valence-electron chi connectivity index (χ4n) is 2.07. The second-order valence-electron chi connectivity index (χ2n) is 3.96. The van der Waals surface area contributed by atoms with E-state index in [1.54, 1.807) is 13.8 Å². The molecule has 0 aliphatic carbocycles. The largest absolute Gasteiger partial charge is 0.478 e. The van der Waals surface area contributed by atoms with Gasteiger partial charge in [0, 0.05) is 11.6 Å². The molecule has 0 aliphatic heterocycles. The van der Waals surface area contributed by atoms with Crippen LogP contribution in [0.25, 0.3) is 0 Å². The maximum absolute atomic E-state index is 11.0. The molecular weight excluding hydrogens is 206 g/mol. The molecule has 0 aromatic rings. The van der Waals surface area contributed by atoms with Crippen LogP contribution in [0.5, 0.6) is 0 Å². The van der Waals surface area contributed by atoms with E-state index in [9.17, 15) is 9.90 Å². The summed E-state index contributed by atoms with van der Waals surface area (Å²) in [6.45, 7) is 10.8. The van der Waals surface area contributed by atoms with Gasteiger partial charge in [0.15, 0.2) is 0 Å². The molecule has 0 fully saturated rings. The Kier molecular flexibility index (Phi) is 6.29. The third-order valence-corrected chi connectivity index (χ3v) is 3.01. The molecule has 16 heavy (non-hydrogen) atoms. The van der Waals surface area contributed by atoms with E-state index in [2.05, 4.69) is 4.90 Å². The predicted octanol–water partition coefficient (Wildman–Crippen LogP) is 1.50. The van der Waals surface area contributed by atoms with Gasteiger partial charge in [-0.25, -0.2) is 4.79 Å². The molecular formula is C12H23NO3. The fraction of sp³-hybridized carbons (Fsp3) is 0.750. The summed E-state index contributed by atoms with van der Waals surface area (Å²) in [5, 5.41) is 18.7. The number of hydrogen-bond acceptors (Lipinski definition) is 3. The number of nitrogens with zero attached hydrogens (tertiary/aromatic N) is 1. The van der Waals surface area contributed by atoms with E-state index < -0.39 is 12.1 Å². The van der Waals surface area contributed by atoms with Gasteiger partial charge in [0.25, 0.3) is 0 Å². The first-order valence-electron chi connectivity index (χ1n) is 5.72. The summed E-state index contributed by atoms with van der Waals surface area (Å²) in [5.41, 5.74) is 0.839. The Morgan fingerprint density at radius 1 is 1.25 bits per heavy atom. The van der Waals surface area contributed by atoms with Crippen molar-refractivity contribution in [3.8, 4) is 0 Å². The average Bonchev–Trinajstić information content (AvgIpc) is 2.18. The van der Waals surface area contributed by atoms with Crippen LogP contribution in [0.2, 0.25) is 0 Å². The molecule has 0 rings (SSSR count). The third-order valence-electron chi connectivity index (χ3n) is 3.01. The molecule has 0 aromatic heterocycles. The minimum atomic E-state index is -0.963. The summed E-state index contributed by atoms with van der Waals surface area (Å²) >= 11 is 0. The molecule has 2 N–H and O–H groups in total. The maximum Gasteiger partial charge on any atom is 0.331 e. The summed E-state index contributed by atoms with van der Waals surface area (Å²) < 4.78 is 0. The van der Waals surface area contributed by atoms with E-state index in [-0.39, 0.29) is 11.6 Å². The molecule has 4 heteroatoms. The van der Waals surface area contributed by atoms with Gasteiger partial charge < -0.3 is 10.2 Å². The third kappa shape index (κ3) is 3.61. The predicted molar refractivity (Wildman–Crippen MR) is 64.4 cm³/mol. The van der Waals surface area contributed by atoms with Gasteiger partial charge in [-0.05, 0) is 39.4 Å². The van der Waals surface area contributed by atoms with Crippen molar-refractivity contribution in [2.45, 2.75) is 46.8 Å². The molecule has 94 valence electrons. The Bertz CT molecular complexity index is 267. The minimum absolute atomic E-state index is 0.0499. The Morgan fingerprint density at radius 3 is 1.94 bits per heavy atom. The minimum Gasteiger partial charge on any atom is -0.478 e. The van der Waals surface area contributed by atoms with E-state index in [4.69, 9.17) is 5.11 Å². The number of likely N-dealkylation sites (N-methyl/N-ethyl adjacent to an activating group) is 1. The van der Waals surface area contributed by atoms with Gasteiger partial charge in [0.1, 0.15) is 0 Å². The van der Waals surface area contributed by atoms with Crippen molar-refractivity contribution in [1.82, 2.24) is 4.90 Å². The van der Waals surface area contributed by atoms with E-state index in [1.165, 1.54) is 0 Å². The lowest BCUT2D eigenvalue weighted by Crippen LogP contribution is -2.38. The number of carboxylic acid groups (broad SMARTS) is 1. The normalized spacial score (nSPS) is 16.9. The first kappa shape index (κ1) is 15.1. The van der Waals surface area contributed by atoms with Gasteiger partial charge >= 0.3 is 5.97 Å². The fourth-order valence-corrected chi connectivity index (χ4v) is 2.07. The quantitative estimate of drug-likeness (QED) is 0.678. The molecule has 0 saturated heterocycles. The molecule has 0 amide bonds. The smallest absolute Gasteiger partial charge is 0.331 e. The highest BCUT2D eigenvalue weighted by Crippen LogP contribution is 2.18. The van der Waals surface area contributed by atoms with Crippen molar-refractivity contribution in [1.29, 1.82) is 0 Å². The molecule has 2 unspecified atom stereocenters. The summed E-state index contributed by atoms with van der Waals surface area (Å²) in [5.74, 6) is -0.963. The van der Waals surface area contributed by atoms with Gasteiger partial charge in [-0.1, -0.05) is 13.8 Å². The number of hydrogen-bond donors (Lipinski definition) is 2. The Morgan fingerprint density at radius 2 is 1.69 bits per heavy atom. The van der Waals surface area contributed by atoms with E-state index in [1.807, 2.05) is 20.8 Å². The van der Waals surface area contributed by atoms with Gasteiger partial charge in [-0.3, -0.25) is 4.90 Å². The zero-order chi connectivity index (χ0) is 12.9. The number of carbonyl (C=O) groups is 1. The van der Waals surface area contributed by atoms with Crippen molar-refractivity contribution in [2.75, 3.05) is 13.1 Å². The maximum atomic E-state index is 11.0. The Labute approximate surface area is 97.6 Å². The van der Waals surface area contributed by atoms with Crippen LogP contribution in [-0.4, -0.2) is 46.3 Å². The highest BCUT2D eigenvalue weighted by atomic mass is 16.4. The Balaban J connectivity index is 5.22. The zero-order valence-corrected chi connectivity index (χ0v) is 10.8. The first-order valence-corrected chi connectivity index (χ1v) is 5.72. The highest BCUT2D eigenvalue weighted by Gasteiger charge is 2.23. The molecule has 0 aromatic carbocycles. The van der Waals surface area contributed by atoms with Gasteiger partial charge in [-0.2, -0.15) is 0 Å². The molecule has 0 bridgehead atoms. The lowest BCUT2D eigenvalue weighted by molar-refractivity contribution is -0.132. The van der Waals surface area contributed by atoms with Crippen LogP contribution >= 0.6 is 0 Å². The van der Waals surface area contributed by atoms with Gasteiger partial charge in [-0.15, -0.1) is 0 Å². The molecule has 0 spiro atoms. The number of aliphatic hydroxyl groups excluding tert-OH is 1. The highest BCUT2D eigenvalue weighted by molar-refractivity contribution is 5.87. The van der Waals surface area contributed by atoms with E-state index in [0.717, 1.165) is 13.1 Å². The lowest BCUT2D eigenvalue weighted by Gasteiger charge is -2.30. The van der Waals surface area contributed by atoms with Crippen molar-refractivity contribution in [2.24, 2.45) is 0 Å².